The number of nitrogen functional groups attached to an aromatic ring is 1. The van der Waals surface area contributed by atoms with Gasteiger partial charge in [0.15, 0.2) is 11.6 Å². The molecule has 5 heteroatoms. The van der Waals surface area contributed by atoms with Crippen LogP contribution in [-0.4, -0.2) is 5.91 Å². The number of rotatable bonds is 3. The van der Waals surface area contributed by atoms with Crippen LogP contribution in [0.25, 0.3) is 0 Å². The van der Waals surface area contributed by atoms with E-state index in [1.165, 1.54) is 6.07 Å². The molecule has 0 radical (unpaired) electrons. The summed E-state index contributed by atoms with van der Waals surface area (Å²) in [5.74, 6) is -2.16. The second kappa shape index (κ2) is 5.91. The van der Waals surface area contributed by atoms with E-state index in [1.807, 2.05) is 0 Å². The summed E-state index contributed by atoms with van der Waals surface area (Å²) in [5, 5.41) is 2.74. The SMILES string of the molecule is Cc1c(N)cccc1C(=O)NC(C)c1ccc(F)c(F)c1. The van der Waals surface area contributed by atoms with E-state index in [0.717, 1.165) is 12.1 Å². The third-order valence-corrected chi connectivity index (χ3v) is 3.41. The van der Waals surface area contributed by atoms with Crippen molar-refractivity contribution in [2.75, 3.05) is 5.73 Å². The van der Waals surface area contributed by atoms with Crippen LogP contribution >= 0.6 is 0 Å². The maximum Gasteiger partial charge on any atom is 0.252 e. The fraction of sp³-hybridized carbons (Fsp3) is 0.188. The summed E-state index contributed by atoms with van der Waals surface area (Å²) in [5.41, 5.74) is 7.94. The Morgan fingerprint density at radius 2 is 1.90 bits per heavy atom. The maximum atomic E-state index is 13.2. The lowest BCUT2D eigenvalue weighted by molar-refractivity contribution is 0.0939. The summed E-state index contributed by atoms with van der Waals surface area (Å²) in [4.78, 5) is 12.2. The highest BCUT2D eigenvalue weighted by Crippen LogP contribution is 2.19. The Morgan fingerprint density at radius 3 is 2.57 bits per heavy atom. The van der Waals surface area contributed by atoms with Gasteiger partial charge in [-0.15, -0.1) is 0 Å². The maximum absolute atomic E-state index is 13.2. The Bertz CT molecular complexity index is 686. The van der Waals surface area contributed by atoms with Crippen molar-refractivity contribution in [3.8, 4) is 0 Å². The van der Waals surface area contributed by atoms with E-state index in [-0.39, 0.29) is 5.91 Å². The van der Waals surface area contributed by atoms with Gasteiger partial charge in [-0.1, -0.05) is 12.1 Å². The zero-order valence-electron chi connectivity index (χ0n) is 11.8. The average molecular weight is 290 g/mol. The number of carbonyl (C=O) groups is 1. The molecule has 1 amide bonds. The van der Waals surface area contributed by atoms with Crippen molar-refractivity contribution in [3.63, 3.8) is 0 Å². The zero-order chi connectivity index (χ0) is 15.6. The first kappa shape index (κ1) is 15.0. The number of hydrogen-bond acceptors (Lipinski definition) is 2. The molecule has 0 aliphatic heterocycles. The molecule has 0 aromatic heterocycles. The van der Waals surface area contributed by atoms with Gasteiger partial charge in [0.2, 0.25) is 0 Å². The van der Waals surface area contributed by atoms with E-state index in [9.17, 15) is 13.6 Å². The van der Waals surface area contributed by atoms with Crippen molar-refractivity contribution in [2.24, 2.45) is 0 Å². The Morgan fingerprint density at radius 1 is 1.19 bits per heavy atom. The molecule has 0 aliphatic carbocycles. The van der Waals surface area contributed by atoms with E-state index < -0.39 is 17.7 Å². The number of nitrogens with one attached hydrogen (secondary N) is 1. The normalized spacial score (nSPS) is 12.0. The van der Waals surface area contributed by atoms with Gasteiger partial charge in [-0.3, -0.25) is 4.79 Å². The molecule has 2 rings (SSSR count). The number of nitrogens with two attached hydrogens (primary N) is 1. The minimum atomic E-state index is -0.936. The van der Waals surface area contributed by atoms with Crippen molar-refractivity contribution in [3.05, 3.63) is 64.7 Å². The highest BCUT2D eigenvalue weighted by atomic mass is 19.2. The van der Waals surface area contributed by atoms with E-state index >= 15 is 0 Å². The number of hydrogen-bond donors (Lipinski definition) is 2. The molecule has 3 nitrogen and oxygen atoms in total. The monoisotopic (exact) mass is 290 g/mol. The first-order valence-electron chi connectivity index (χ1n) is 6.51. The molecule has 0 saturated heterocycles. The van der Waals surface area contributed by atoms with Gasteiger partial charge in [0.05, 0.1) is 6.04 Å². The minimum absolute atomic E-state index is 0.308. The Balaban J connectivity index is 2.18. The Kier molecular flexibility index (Phi) is 4.21. The second-order valence-corrected chi connectivity index (χ2v) is 4.89. The molecule has 0 saturated carbocycles. The van der Waals surface area contributed by atoms with Crippen LogP contribution < -0.4 is 11.1 Å². The van der Waals surface area contributed by atoms with E-state index in [0.29, 0.717) is 22.4 Å². The summed E-state index contributed by atoms with van der Waals surface area (Å²) in [6.07, 6.45) is 0. The molecule has 0 fully saturated rings. The highest BCUT2D eigenvalue weighted by Gasteiger charge is 2.15. The Hall–Kier alpha value is -2.43. The van der Waals surface area contributed by atoms with Crippen molar-refractivity contribution in [1.82, 2.24) is 5.32 Å². The van der Waals surface area contributed by atoms with Crippen LogP contribution in [0.2, 0.25) is 0 Å². The van der Waals surface area contributed by atoms with E-state index in [4.69, 9.17) is 5.73 Å². The fourth-order valence-electron chi connectivity index (χ4n) is 2.04. The topological polar surface area (TPSA) is 55.1 Å². The second-order valence-electron chi connectivity index (χ2n) is 4.89. The summed E-state index contributed by atoms with van der Waals surface area (Å²) < 4.78 is 26.1. The van der Waals surface area contributed by atoms with Gasteiger partial charge in [-0.05, 0) is 49.2 Å². The van der Waals surface area contributed by atoms with Gasteiger partial charge in [-0.2, -0.15) is 0 Å². The minimum Gasteiger partial charge on any atom is -0.398 e. The molecule has 0 spiro atoms. The number of carbonyl (C=O) groups excluding carboxylic acids is 1. The number of halogens is 2. The fourth-order valence-corrected chi connectivity index (χ4v) is 2.04. The molecule has 1 unspecified atom stereocenters. The summed E-state index contributed by atoms with van der Waals surface area (Å²) >= 11 is 0. The van der Waals surface area contributed by atoms with E-state index in [2.05, 4.69) is 5.32 Å². The predicted octanol–water partition coefficient (Wildman–Crippen LogP) is 3.35. The van der Waals surface area contributed by atoms with Crippen LogP contribution in [0, 0.1) is 18.6 Å². The lowest BCUT2D eigenvalue weighted by atomic mass is 10.0. The average Bonchev–Trinajstić information content (AvgIpc) is 2.44. The van der Waals surface area contributed by atoms with Crippen molar-refractivity contribution < 1.29 is 13.6 Å². The quantitative estimate of drug-likeness (QED) is 0.852. The lowest BCUT2D eigenvalue weighted by Crippen LogP contribution is -2.27. The summed E-state index contributed by atoms with van der Waals surface area (Å²) in [7, 11) is 0. The first-order valence-corrected chi connectivity index (χ1v) is 6.51. The van der Waals surface area contributed by atoms with Gasteiger partial charge in [0.25, 0.3) is 5.91 Å². The van der Waals surface area contributed by atoms with Crippen LogP contribution in [0.1, 0.15) is 34.5 Å². The van der Waals surface area contributed by atoms with Gasteiger partial charge in [-0.25, -0.2) is 8.78 Å². The predicted molar refractivity (Wildman–Crippen MR) is 77.8 cm³/mol. The third kappa shape index (κ3) is 3.18. The largest absolute Gasteiger partial charge is 0.398 e. The smallest absolute Gasteiger partial charge is 0.252 e. The number of benzene rings is 2. The third-order valence-electron chi connectivity index (χ3n) is 3.41. The van der Waals surface area contributed by atoms with Crippen LogP contribution in [0.3, 0.4) is 0 Å². The van der Waals surface area contributed by atoms with Crippen LogP contribution in [-0.2, 0) is 0 Å². The molecule has 21 heavy (non-hydrogen) atoms. The first-order chi connectivity index (χ1) is 9.90. The molecule has 3 N–H and O–H groups in total. The van der Waals surface area contributed by atoms with E-state index in [1.54, 1.807) is 32.0 Å². The standard InChI is InChI=1S/C16H16F2N2O/c1-9-12(4-3-5-15(9)19)16(21)20-10(2)11-6-7-13(17)14(18)8-11/h3-8,10H,19H2,1-2H3,(H,20,21). The molecular formula is C16H16F2N2O. The lowest BCUT2D eigenvalue weighted by Gasteiger charge is -2.16. The molecular weight excluding hydrogens is 274 g/mol. The van der Waals surface area contributed by atoms with Gasteiger partial charge in [0, 0.05) is 11.3 Å². The zero-order valence-corrected chi connectivity index (χ0v) is 11.8. The number of anilines is 1. The molecule has 0 aliphatic rings. The van der Waals surface area contributed by atoms with Gasteiger partial charge in [0.1, 0.15) is 0 Å². The van der Waals surface area contributed by atoms with Crippen LogP contribution in [0.4, 0.5) is 14.5 Å². The molecule has 0 bridgehead atoms. The number of amides is 1. The highest BCUT2D eigenvalue weighted by molar-refractivity contribution is 5.97. The van der Waals surface area contributed by atoms with Crippen LogP contribution in [0.15, 0.2) is 36.4 Å². The van der Waals surface area contributed by atoms with Gasteiger partial charge < -0.3 is 11.1 Å². The van der Waals surface area contributed by atoms with Crippen molar-refractivity contribution in [2.45, 2.75) is 19.9 Å². The van der Waals surface area contributed by atoms with Crippen LogP contribution in [0.5, 0.6) is 0 Å². The summed E-state index contributed by atoms with van der Waals surface area (Å²) in [6, 6.07) is 8.18. The summed E-state index contributed by atoms with van der Waals surface area (Å²) in [6.45, 7) is 3.46. The van der Waals surface area contributed by atoms with Crippen molar-refractivity contribution in [1.29, 1.82) is 0 Å². The van der Waals surface area contributed by atoms with Gasteiger partial charge >= 0.3 is 0 Å². The van der Waals surface area contributed by atoms with Crippen molar-refractivity contribution >= 4 is 11.6 Å². The molecule has 0 heterocycles. The Labute approximate surface area is 121 Å². The molecule has 2 aromatic rings. The molecule has 110 valence electrons. The molecule has 1 atom stereocenters. The molecule has 2 aromatic carbocycles.